The van der Waals surface area contributed by atoms with Crippen LogP contribution in [0.3, 0.4) is 0 Å². The molecule has 0 spiro atoms. The fourth-order valence-electron chi connectivity index (χ4n) is 1.50. The quantitative estimate of drug-likeness (QED) is 0.630. The summed E-state index contributed by atoms with van der Waals surface area (Å²) in [5.74, 6) is 0.500. The summed E-state index contributed by atoms with van der Waals surface area (Å²) in [6.45, 7) is 5.23. The number of carbonyl (C=O) groups is 1. The molecule has 0 radical (unpaired) electrons. The topological polar surface area (TPSA) is 35.5 Å². The lowest BCUT2D eigenvalue weighted by atomic mass is 9.99. The molecule has 0 aromatic rings. The minimum absolute atomic E-state index is 0.0928. The standard InChI is InChI=1S/C10H18O3/c1-3-12-10(11)6-9-5-4-8(2)7-13-9/h8-9H,3-7H2,1-2H3/t8-,9+/m1/s1. The van der Waals surface area contributed by atoms with Gasteiger partial charge in [-0.2, -0.15) is 0 Å². The van der Waals surface area contributed by atoms with Crippen molar-refractivity contribution >= 4 is 5.97 Å². The second-order valence-corrected chi connectivity index (χ2v) is 3.65. The van der Waals surface area contributed by atoms with Crippen LogP contribution in [0.2, 0.25) is 0 Å². The lowest BCUT2D eigenvalue weighted by molar-refractivity contribution is -0.147. The number of rotatable bonds is 3. The molecule has 0 aromatic carbocycles. The molecule has 76 valence electrons. The van der Waals surface area contributed by atoms with Crippen molar-refractivity contribution in [3.8, 4) is 0 Å². The Bertz CT molecular complexity index is 160. The molecule has 2 atom stereocenters. The predicted octanol–water partition coefficient (Wildman–Crippen LogP) is 1.75. The molecule has 0 unspecified atom stereocenters. The van der Waals surface area contributed by atoms with Gasteiger partial charge in [0.05, 0.1) is 19.1 Å². The summed E-state index contributed by atoms with van der Waals surface area (Å²) in [6, 6.07) is 0. The van der Waals surface area contributed by atoms with Crippen molar-refractivity contribution in [1.82, 2.24) is 0 Å². The summed E-state index contributed by atoms with van der Waals surface area (Å²) >= 11 is 0. The molecule has 0 N–H and O–H groups in total. The van der Waals surface area contributed by atoms with Gasteiger partial charge in [0.15, 0.2) is 0 Å². The Morgan fingerprint density at radius 1 is 1.54 bits per heavy atom. The predicted molar refractivity (Wildman–Crippen MR) is 49.4 cm³/mol. The van der Waals surface area contributed by atoms with Crippen molar-refractivity contribution in [2.24, 2.45) is 5.92 Å². The summed E-state index contributed by atoms with van der Waals surface area (Å²) in [5, 5.41) is 0. The molecule has 1 aliphatic rings. The normalized spacial score (nSPS) is 28.5. The van der Waals surface area contributed by atoms with Gasteiger partial charge >= 0.3 is 5.97 Å². The minimum Gasteiger partial charge on any atom is -0.466 e. The largest absolute Gasteiger partial charge is 0.466 e. The van der Waals surface area contributed by atoms with Crippen LogP contribution in [-0.2, 0) is 14.3 Å². The number of esters is 1. The zero-order valence-electron chi connectivity index (χ0n) is 8.41. The first kappa shape index (κ1) is 10.5. The maximum Gasteiger partial charge on any atom is 0.308 e. The van der Waals surface area contributed by atoms with Gasteiger partial charge in [-0.05, 0) is 25.7 Å². The fourth-order valence-corrected chi connectivity index (χ4v) is 1.50. The molecule has 1 fully saturated rings. The van der Waals surface area contributed by atoms with E-state index < -0.39 is 0 Å². The van der Waals surface area contributed by atoms with Gasteiger partial charge in [0.25, 0.3) is 0 Å². The third-order valence-electron chi connectivity index (χ3n) is 2.30. The van der Waals surface area contributed by atoms with Gasteiger partial charge in [-0.25, -0.2) is 0 Å². The molecular weight excluding hydrogens is 168 g/mol. The van der Waals surface area contributed by atoms with Crippen LogP contribution in [0.5, 0.6) is 0 Å². The van der Waals surface area contributed by atoms with Crippen molar-refractivity contribution in [3.05, 3.63) is 0 Å². The maximum atomic E-state index is 11.1. The van der Waals surface area contributed by atoms with Gasteiger partial charge in [0.1, 0.15) is 0 Å². The maximum absolute atomic E-state index is 11.1. The fraction of sp³-hybridized carbons (Fsp3) is 0.900. The van der Waals surface area contributed by atoms with Crippen molar-refractivity contribution < 1.29 is 14.3 Å². The molecule has 3 heteroatoms. The van der Waals surface area contributed by atoms with Crippen LogP contribution in [0.25, 0.3) is 0 Å². The first-order valence-electron chi connectivity index (χ1n) is 4.99. The first-order chi connectivity index (χ1) is 6.22. The highest BCUT2D eigenvalue weighted by molar-refractivity contribution is 5.69. The van der Waals surface area contributed by atoms with Gasteiger partial charge in [-0.1, -0.05) is 6.92 Å². The highest BCUT2D eigenvalue weighted by atomic mass is 16.5. The van der Waals surface area contributed by atoms with Gasteiger partial charge in [-0.3, -0.25) is 4.79 Å². The summed E-state index contributed by atoms with van der Waals surface area (Å²) in [7, 11) is 0. The molecule has 0 aromatic heterocycles. The Hall–Kier alpha value is -0.570. The van der Waals surface area contributed by atoms with E-state index in [1.165, 1.54) is 0 Å². The molecule has 1 heterocycles. The lowest BCUT2D eigenvalue weighted by Crippen LogP contribution is -2.27. The molecule has 3 nitrogen and oxygen atoms in total. The van der Waals surface area contributed by atoms with Crippen LogP contribution in [0.4, 0.5) is 0 Å². The van der Waals surface area contributed by atoms with Gasteiger partial charge in [-0.15, -0.1) is 0 Å². The molecule has 13 heavy (non-hydrogen) atoms. The third kappa shape index (κ3) is 3.77. The molecule has 0 amide bonds. The van der Waals surface area contributed by atoms with E-state index in [4.69, 9.17) is 9.47 Å². The highest BCUT2D eigenvalue weighted by Crippen LogP contribution is 2.20. The molecule has 0 bridgehead atoms. The van der Waals surface area contributed by atoms with Crippen molar-refractivity contribution in [3.63, 3.8) is 0 Å². The van der Waals surface area contributed by atoms with Gasteiger partial charge < -0.3 is 9.47 Å². The summed E-state index contributed by atoms with van der Waals surface area (Å²) in [5.41, 5.74) is 0. The lowest BCUT2D eigenvalue weighted by Gasteiger charge is -2.26. The van der Waals surface area contributed by atoms with Gasteiger partial charge in [0, 0.05) is 6.61 Å². The molecule has 1 aliphatic heterocycles. The smallest absolute Gasteiger partial charge is 0.308 e. The number of hydrogen-bond acceptors (Lipinski definition) is 3. The van der Waals surface area contributed by atoms with E-state index in [-0.39, 0.29) is 12.1 Å². The number of carbonyl (C=O) groups excluding carboxylic acids is 1. The van der Waals surface area contributed by atoms with Crippen LogP contribution < -0.4 is 0 Å². The average molecular weight is 186 g/mol. The van der Waals surface area contributed by atoms with Crippen LogP contribution in [0.15, 0.2) is 0 Å². The molecule has 0 aliphatic carbocycles. The van der Waals surface area contributed by atoms with E-state index in [0.717, 1.165) is 19.4 Å². The van der Waals surface area contributed by atoms with Crippen molar-refractivity contribution in [2.45, 2.75) is 39.2 Å². The molecule has 0 saturated carbocycles. The SMILES string of the molecule is CCOC(=O)C[C@@H]1CC[C@@H](C)CO1. The average Bonchev–Trinajstić information content (AvgIpc) is 2.09. The Labute approximate surface area is 79.4 Å². The zero-order valence-corrected chi connectivity index (χ0v) is 8.41. The Morgan fingerprint density at radius 2 is 2.31 bits per heavy atom. The summed E-state index contributed by atoms with van der Waals surface area (Å²) < 4.78 is 10.4. The van der Waals surface area contributed by atoms with Crippen LogP contribution in [0.1, 0.15) is 33.1 Å². The monoisotopic (exact) mass is 186 g/mol. The Balaban J connectivity index is 2.18. The summed E-state index contributed by atoms with van der Waals surface area (Å²) in [4.78, 5) is 11.1. The summed E-state index contributed by atoms with van der Waals surface area (Å²) in [6.07, 6.45) is 2.65. The van der Waals surface area contributed by atoms with E-state index in [9.17, 15) is 4.79 Å². The van der Waals surface area contributed by atoms with E-state index in [2.05, 4.69) is 6.92 Å². The van der Waals surface area contributed by atoms with Crippen molar-refractivity contribution in [1.29, 1.82) is 0 Å². The van der Waals surface area contributed by atoms with Crippen LogP contribution in [-0.4, -0.2) is 25.3 Å². The van der Waals surface area contributed by atoms with Crippen molar-refractivity contribution in [2.75, 3.05) is 13.2 Å². The van der Waals surface area contributed by atoms with Crippen LogP contribution >= 0.6 is 0 Å². The van der Waals surface area contributed by atoms with E-state index in [1.54, 1.807) is 0 Å². The van der Waals surface area contributed by atoms with E-state index in [1.807, 2.05) is 6.92 Å². The Morgan fingerprint density at radius 3 is 2.85 bits per heavy atom. The zero-order chi connectivity index (χ0) is 9.68. The second kappa shape index (κ2) is 5.22. The number of hydrogen-bond donors (Lipinski definition) is 0. The van der Waals surface area contributed by atoms with Gasteiger partial charge in [0.2, 0.25) is 0 Å². The first-order valence-corrected chi connectivity index (χ1v) is 4.99. The molecule has 1 saturated heterocycles. The molecular formula is C10H18O3. The van der Waals surface area contributed by atoms with E-state index in [0.29, 0.717) is 18.9 Å². The van der Waals surface area contributed by atoms with E-state index >= 15 is 0 Å². The van der Waals surface area contributed by atoms with Crippen LogP contribution in [0, 0.1) is 5.92 Å². The highest BCUT2D eigenvalue weighted by Gasteiger charge is 2.21. The Kier molecular flexibility index (Phi) is 4.22. The minimum atomic E-state index is -0.137. The second-order valence-electron chi connectivity index (χ2n) is 3.65. The number of ether oxygens (including phenoxy) is 2. The third-order valence-corrected chi connectivity index (χ3v) is 2.30. The molecule has 1 rings (SSSR count).